The maximum Gasteiger partial charge on any atom is 0.0163 e. The van der Waals surface area contributed by atoms with Gasteiger partial charge in [-0.25, -0.2) is 0 Å². The Balaban J connectivity index is 0.000000258. The van der Waals surface area contributed by atoms with Crippen LogP contribution in [0.4, 0.5) is 0 Å². The van der Waals surface area contributed by atoms with Crippen LogP contribution in [0.3, 0.4) is 0 Å². The summed E-state index contributed by atoms with van der Waals surface area (Å²) in [6.45, 7) is 16.2. The number of fused-ring (bicyclic) bond motifs is 3. The van der Waals surface area contributed by atoms with Gasteiger partial charge in [0.15, 0.2) is 0 Å². The number of hydrogen-bond donors (Lipinski definition) is 0. The second-order valence-electron chi connectivity index (χ2n) is 13.8. The van der Waals surface area contributed by atoms with Crippen molar-refractivity contribution < 1.29 is 20.1 Å². The molecular weight excluding hydrogens is 725 g/mol. The average Bonchev–Trinajstić information content (AvgIpc) is 3.04. The molecule has 2 heterocycles. The maximum absolute atomic E-state index is 4.82. The summed E-state index contributed by atoms with van der Waals surface area (Å²) < 4.78 is 0. The second kappa shape index (κ2) is 12.5. The van der Waals surface area contributed by atoms with Crippen molar-refractivity contribution >= 4 is 10.8 Å². The number of hydrogen-bond acceptors (Lipinski definition) is 2. The van der Waals surface area contributed by atoms with Gasteiger partial charge in [-0.3, -0.25) is 0 Å². The van der Waals surface area contributed by atoms with E-state index in [1.54, 1.807) is 6.20 Å². The summed E-state index contributed by atoms with van der Waals surface area (Å²) in [5, 5.41) is 2.61. The van der Waals surface area contributed by atoms with Gasteiger partial charge in [0.05, 0.1) is 0 Å². The third-order valence-electron chi connectivity index (χ3n) is 9.06. The molecule has 0 bridgehead atoms. The van der Waals surface area contributed by atoms with Crippen LogP contribution in [-0.2, 0) is 36.4 Å². The fraction of sp³-hybridized carbons (Fsp3) is 0.238. The zero-order valence-electron chi connectivity index (χ0n) is 27.2. The molecule has 7 rings (SSSR count). The number of benzene rings is 4. The minimum absolute atomic E-state index is 0. The van der Waals surface area contributed by atoms with Gasteiger partial charge in [-0.2, -0.15) is 0 Å². The molecule has 45 heavy (non-hydrogen) atoms. The molecule has 0 amide bonds. The van der Waals surface area contributed by atoms with E-state index in [4.69, 9.17) is 4.98 Å². The van der Waals surface area contributed by atoms with Gasteiger partial charge in [0.2, 0.25) is 0 Å². The molecule has 0 unspecified atom stereocenters. The standard InChI is InChI=1S/C31H32N.C11H8N.Ir/c1-29(2,3)22-15-16-32-27(19-22)23-13-10-14-24-28(23)31(6,7)26-18-21-12-9-8-11-20(21)17-25(26)30(24,4)5;1-2-6-10(7-3-1)11-8-4-5-9-12-11;/h8-12,14-19H,1-7H3;1-6,8-9H;/q2*-1;. The summed E-state index contributed by atoms with van der Waals surface area (Å²) in [4.78, 5) is 9.04. The molecule has 0 spiro atoms. The molecule has 2 nitrogen and oxygen atoms in total. The van der Waals surface area contributed by atoms with Crippen LogP contribution >= 0.6 is 0 Å². The molecule has 3 heteroatoms. The summed E-state index contributed by atoms with van der Waals surface area (Å²) in [5.74, 6) is 0. The first-order valence-corrected chi connectivity index (χ1v) is 15.4. The van der Waals surface area contributed by atoms with Crippen LogP contribution in [0.25, 0.3) is 33.3 Å². The Morgan fingerprint density at radius 1 is 0.578 bits per heavy atom. The van der Waals surface area contributed by atoms with E-state index in [0.717, 1.165) is 22.5 Å². The van der Waals surface area contributed by atoms with Gasteiger partial charge in [0, 0.05) is 32.5 Å². The van der Waals surface area contributed by atoms with Gasteiger partial charge >= 0.3 is 0 Å². The minimum atomic E-state index is -0.156. The molecule has 0 N–H and O–H groups in total. The van der Waals surface area contributed by atoms with Crippen molar-refractivity contribution in [3.05, 3.63) is 155 Å². The largest absolute Gasteiger partial charge is 0.305 e. The number of pyridine rings is 2. The normalized spacial score (nSPS) is 14.3. The Morgan fingerprint density at radius 2 is 1.22 bits per heavy atom. The third-order valence-corrected chi connectivity index (χ3v) is 9.06. The van der Waals surface area contributed by atoms with E-state index in [-0.39, 0.29) is 36.4 Å². The number of aromatic nitrogens is 2. The first kappa shape index (κ1) is 32.5. The SMILES string of the molecule is CC(C)(C)c1ccnc(-c2[c-]ccc3c2C(C)(C)c2cc4ccccc4cc2C3(C)C)c1.[Ir].[c-]1ccccc1-c1ccccn1. The van der Waals surface area contributed by atoms with Crippen LogP contribution in [0.2, 0.25) is 0 Å². The molecule has 0 saturated carbocycles. The zero-order chi connectivity index (χ0) is 31.1. The molecule has 0 atom stereocenters. The maximum atomic E-state index is 4.82. The molecule has 229 valence electrons. The first-order chi connectivity index (χ1) is 21.0. The quantitative estimate of drug-likeness (QED) is 0.164. The average molecular weight is 765 g/mol. The van der Waals surface area contributed by atoms with E-state index in [0.29, 0.717) is 0 Å². The fourth-order valence-corrected chi connectivity index (χ4v) is 6.53. The topological polar surface area (TPSA) is 25.8 Å². The zero-order valence-corrected chi connectivity index (χ0v) is 29.6. The first-order valence-electron chi connectivity index (χ1n) is 15.4. The monoisotopic (exact) mass is 765 g/mol. The molecule has 2 aromatic heterocycles. The van der Waals surface area contributed by atoms with Crippen LogP contribution in [-0.4, -0.2) is 9.97 Å². The van der Waals surface area contributed by atoms with Crippen molar-refractivity contribution in [1.29, 1.82) is 0 Å². The van der Waals surface area contributed by atoms with Crippen LogP contribution < -0.4 is 0 Å². The molecule has 0 fully saturated rings. The summed E-state index contributed by atoms with van der Waals surface area (Å²) in [6.07, 6.45) is 3.74. The molecule has 6 aromatic rings. The van der Waals surface area contributed by atoms with Crippen molar-refractivity contribution in [2.45, 2.75) is 64.7 Å². The van der Waals surface area contributed by atoms with Crippen LogP contribution in [0, 0.1) is 12.1 Å². The Morgan fingerprint density at radius 3 is 1.84 bits per heavy atom. The van der Waals surface area contributed by atoms with E-state index in [2.05, 4.69) is 126 Å². The predicted octanol–water partition coefficient (Wildman–Crippen LogP) is 10.5. The Labute approximate surface area is 282 Å². The second-order valence-corrected chi connectivity index (χ2v) is 13.8. The van der Waals surface area contributed by atoms with E-state index in [9.17, 15) is 0 Å². The Hall–Kier alpha value is -3.91. The Kier molecular flexibility index (Phi) is 9.00. The van der Waals surface area contributed by atoms with Gasteiger partial charge in [0.1, 0.15) is 0 Å². The van der Waals surface area contributed by atoms with Gasteiger partial charge in [-0.1, -0.05) is 103 Å². The van der Waals surface area contributed by atoms with Crippen LogP contribution in [0.1, 0.15) is 76.3 Å². The smallest absolute Gasteiger partial charge is 0.0163 e. The predicted molar refractivity (Wildman–Crippen MR) is 184 cm³/mol. The van der Waals surface area contributed by atoms with Gasteiger partial charge < -0.3 is 9.97 Å². The van der Waals surface area contributed by atoms with Crippen molar-refractivity contribution in [1.82, 2.24) is 9.97 Å². The van der Waals surface area contributed by atoms with Gasteiger partial charge in [0.25, 0.3) is 0 Å². The van der Waals surface area contributed by atoms with Gasteiger partial charge in [-0.05, 0) is 67.2 Å². The number of rotatable bonds is 2. The molecule has 4 aromatic carbocycles. The molecule has 1 radical (unpaired) electrons. The van der Waals surface area contributed by atoms with Crippen LogP contribution in [0.5, 0.6) is 0 Å². The summed E-state index contributed by atoms with van der Waals surface area (Å²) in [5.41, 5.74) is 10.8. The van der Waals surface area contributed by atoms with Crippen molar-refractivity contribution in [3.8, 4) is 22.5 Å². The van der Waals surface area contributed by atoms with Crippen molar-refractivity contribution in [2.24, 2.45) is 0 Å². The molecule has 1 aliphatic rings. The summed E-state index contributed by atoms with van der Waals surface area (Å²) in [7, 11) is 0. The van der Waals surface area contributed by atoms with Gasteiger partial charge in [-0.15, -0.1) is 70.8 Å². The molecule has 0 aliphatic heterocycles. The summed E-state index contributed by atoms with van der Waals surface area (Å²) >= 11 is 0. The molecule has 0 saturated heterocycles. The van der Waals surface area contributed by atoms with Crippen LogP contribution in [0.15, 0.2) is 116 Å². The molecule has 1 aliphatic carbocycles. The van der Waals surface area contributed by atoms with Crippen molar-refractivity contribution in [3.63, 3.8) is 0 Å². The van der Waals surface area contributed by atoms with E-state index < -0.39 is 0 Å². The number of nitrogens with zero attached hydrogens (tertiary/aromatic N) is 2. The Bertz CT molecular complexity index is 1900. The third kappa shape index (κ3) is 6.17. The summed E-state index contributed by atoms with van der Waals surface area (Å²) in [6, 6.07) is 42.7. The molecular formula is C42H40IrN2-2. The van der Waals surface area contributed by atoms with Crippen molar-refractivity contribution in [2.75, 3.05) is 0 Å². The van der Waals surface area contributed by atoms with E-state index in [1.807, 2.05) is 48.7 Å². The fourth-order valence-electron chi connectivity index (χ4n) is 6.53. The minimum Gasteiger partial charge on any atom is -0.305 e. The van der Waals surface area contributed by atoms with E-state index >= 15 is 0 Å². The van der Waals surface area contributed by atoms with E-state index in [1.165, 1.54) is 38.6 Å².